The number of sulfonamides is 1. The zero-order valence-electron chi connectivity index (χ0n) is 19.5. The van der Waals surface area contributed by atoms with Gasteiger partial charge in [0, 0.05) is 58.4 Å². The van der Waals surface area contributed by atoms with E-state index in [1.165, 1.54) is 31.9 Å². The molecule has 3 rings (SSSR count). The topological polar surface area (TPSA) is 68.2 Å². The molecule has 7 nitrogen and oxygen atoms in total. The van der Waals surface area contributed by atoms with E-state index in [2.05, 4.69) is 35.9 Å². The van der Waals surface area contributed by atoms with Crippen molar-refractivity contribution in [3.8, 4) is 0 Å². The third-order valence-corrected chi connectivity index (χ3v) is 8.64. The Bertz CT molecular complexity index is 665. The van der Waals surface area contributed by atoms with Gasteiger partial charge in [-0.05, 0) is 56.8 Å². The molecule has 1 aliphatic carbocycles. The first-order valence-electron chi connectivity index (χ1n) is 12.0. The summed E-state index contributed by atoms with van der Waals surface area (Å²) in [6.45, 7) is 13.9. The fourth-order valence-corrected chi connectivity index (χ4v) is 6.24. The lowest BCUT2D eigenvalue weighted by Gasteiger charge is -2.43. The van der Waals surface area contributed by atoms with Crippen molar-refractivity contribution in [2.75, 3.05) is 58.6 Å². The van der Waals surface area contributed by atoms with Crippen LogP contribution >= 0.6 is 0 Å². The molecule has 174 valence electrons. The second-order valence-corrected chi connectivity index (χ2v) is 11.8. The fourth-order valence-electron chi connectivity index (χ4n) is 5.32. The number of rotatable bonds is 6. The monoisotopic (exact) mass is 441 g/mol. The SMILES string of the molecule is CCNC(=NCC1CCN(S(C)(=O)=O)C1)N1CCN(C2CCC(C(C)C)CC2)CC1. The van der Waals surface area contributed by atoms with Gasteiger partial charge >= 0.3 is 0 Å². The Hall–Kier alpha value is -0.860. The highest BCUT2D eigenvalue weighted by molar-refractivity contribution is 7.88. The summed E-state index contributed by atoms with van der Waals surface area (Å²) >= 11 is 0. The van der Waals surface area contributed by atoms with Crippen LogP contribution in [0.5, 0.6) is 0 Å². The van der Waals surface area contributed by atoms with Gasteiger partial charge in [0.25, 0.3) is 0 Å². The molecule has 0 bridgehead atoms. The number of nitrogens with one attached hydrogen (secondary N) is 1. The zero-order chi connectivity index (χ0) is 21.7. The molecule has 3 fully saturated rings. The number of guanidine groups is 1. The normalized spacial score (nSPS) is 30.2. The largest absolute Gasteiger partial charge is 0.357 e. The molecular weight excluding hydrogens is 398 g/mol. The second-order valence-electron chi connectivity index (χ2n) is 9.81. The maximum Gasteiger partial charge on any atom is 0.211 e. The molecule has 30 heavy (non-hydrogen) atoms. The van der Waals surface area contributed by atoms with Gasteiger partial charge in [0.1, 0.15) is 0 Å². The summed E-state index contributed by atoms with van der Waals surface area (Å²) in [4.78, 5) is 9.99. The van der Waals surface area contributed by atoms with Gasteiger partial charge in [-0.25, -0.2) is 12.7 Å². The summed E-state index contributed by atoms with van der Waals surface area (Å²) in [5.41, 5.74) is 0. The van der Waals surface area contributed by atoms with Crippen LogP contribution in [0.25, 0.3) is 0 Å². The molecule has 2 aliphatic heterocycles. The maximum absolute atomic E-state index is 11.7. The molecule has 1 N–H and O–H groups in total. The first kappa shape index (κ1) is 23.8. The minimum absolute atomic E-state index is 0.325. The minimum atomic E-state index is -3.08. The van der Waals surface area contributed by atoms with Gasteiger partial charge in [0.2, 0.25) is 10.0 Å². The average molecular weight is 442 g/mol. The Kier molecular flexibility index (Phi) is 8.44. The molecule has 0 radical (unpaired) electrons. The van der Waals surface area contributed by atoms with Gasteiger partial charge in [-0.1, -0.05) is 13.8 Å². The number of piperazine rings is 1. The van der Waals surface area contributed by atoms with Crippen molar-refractivity contribution >= 4 is 16.0 Å². The van der Waals surface area contributed by atoms with Crippen molar-refractivity contribution in [2.24, 2.45) is 22.7 Å². The molecule has 2 heterocycles. The van der Waals surface area contributed by atoms with Crippen LogP contribution in [0.2, 0.25) is 0 Å². The van der Waals surface area contributed by atoms with E-state index < -0.39 is 10.0 Å². The Labute approximate surface area is 184 Å². The van der Waals surface area contributed by atoms with Crippen LogP contribution in [0.3, 0.4) is 0 Å². The molecule has 0 aromatic carbocycles. The number of hydrogen-bond donors (Lipinski definition) is 1. The van der Waals surface area contributed by atoms with E-state index in [4.69, 9.17) is 4.99 Å². The summed E-state index contributed by atoms with van der Waals surface area (Å²) in [7, 11) is -3.08. The number of nitrogens with zero attached hydrogens (tertiary/aromatic N) is 4. The third kappa shape index (κ3) is 6.33. The Morgan fingerprint density at radius 1 is 1.03 bits per heavy atom. The van der Waals surface area contributed by atoms with E-state index in [0.29, 0.717) is 25.6 Å². The van der Waals surface area contributed by atoms with Crippen LogP contribution in [0.15, 0.2) is 4.99 Å². The molecule has 3 aliphatic rings. The van der Waals surface area contributed by atoms with Gasteiger partial charge in [0.15, 0.2) is 5.96 Å². The molecule has 1 atom stereocenters. The molecule has 0 aromatic heterocycles. The quantitative estimate of drug-likeness (QED) is 0.505. The first-order valence-corrected chi connectivity index (χ1v) is 13.8. The summed E-state index contributed by atoms with van der Waals surface area (Å²) in [6, 6.07) is 0.766. The van der Waals surface area contributed by atoms with E-state index in [-0.39, 0.29) is 0 Å². The summed E-state index contributed by atoms with van der Waals surface area (Å²) in [5.74, 6) is 3.07. The zero-order valence-corrected chi connectivity index (χ0v) is 20.3. The average Bonchev–Trinajstić information content (AvgIpc) is 3.21. The van der Waals surface area contributed by atoms with Gasteiger partial charge in [-0.15, -0.1) is 0 Å². The number of aliphatic imine (C=N–C) groups is 1. The smallest absolute Gasteiger partial charge is 0.211 e. The molecule has 1 saturated carbocycles. The third-order valence-electron chi connectivity index (χ3n) is 7.37. The van der Waals surface area contributed by atoms with Crippen molar-refractivity contribution < 1.29 is 8.42 Å². The standard InChI is InChI=1S/C22H43N5O2S/c1-5-23-22(24-16-19-10-11-27(17-19)30(4,28)29)26-14-12-25(13-15-26)21-8-6-20(7-9-21)18(2)3/h18-21H,5-17H2,1-4H3,(H,23,24). The van der Waals surface area contributed by atoms with Gasteiger partial charge in [0.05, 0.1) is 6.26 Å². The maximum atomic E-state index is 11.7. The lowest BCUT2D eigenvalue weighted by Crippen LogP contribution is -2.55. The Morgan fingerprint density at radius 2 is 1.70 bits per heavy atom. The van der Waals surface area contributed by atoms with Gasteiger partial charge < -0.3 is 10.2 Å². The van der Waals surface area contributed by atoms with Crippen LogP contribution in [0, 0.1) is 17.8 Å². The van der Waals surface area contributed by atoms with E-state index in [1.807, 2.05) is 0 Å². The molecule has 0 aromatic rings. The number of hydrogen-bond acceptors (Lipinski definition) is 4. The van der Waals surface area contributed by atoms with Crippen molar-refractivity contribution in [2.45, 2.75) is 58.9 Å². The fraction of sp³-hybridized carbons (Fsp3) is 0.955. The minimum Gasteiger partial charge on any atom is -0.357 e. The Balaban J connectivity index is 1.48. The summed E-state index contributed by atoms with van der Waals surface area (Å²) < 4.78 is 25.1. The van der Waals surface area contributed by atoms with Crippen LogP contribution in [0.4, 0.5) is 0 Å². The van der Waals surface area contributed by atoms with Gasteiger partial charge in [-0.2, -0.15) is 0 Å². The lowest BCUT2D eigenvalue weighted by molar-refractivity contribution is 0.0864. The summed E-state index contributed by atoms with van der Waals surface area (Å²) in [6.07, 6.45) is 7.70. The van der Waals surface area contributed by atoms with Crippen LogP contribution in [-0.2, 0) is 10.0 Å². The molecule has 1 unspecified atom stereocenters. The Morgan fingerprint density at radius 3 is 2.23 bits per heavy atom. The van der Waals surface area contributed by atoms with Gasteiger partial charge in [-0.3, -0.25) is 9.89 Å². The van der Waals surface area contributed by atoms with E-state index in [9.17, 15) is 8.42 Å². The molecule has 8 heteroatoms. The molecule has 0 spiro atoms. The van der Waals surface area contributed by atoms with E-state index >= 15 is 0 Å². The molecule has 2 saturated heterocycles. The predicted molar refractivity (Wildman–Crippen MR) is 124 cm³/mol. The molecular formula is C22H43N5O2S. The van der Waals surface area contributed by atoms with Crippen LogP contribution in [0.1, 0.15) is 52.9 Å². The van der Waals surface area contributed by atoms with Crippen molar-refractivity contribution in [3.63, 3.8) is 0 Å². The first-order chi connectivity index (χ1) is 14.3. The van der Waals surface area contributed by atoms with Crippen molar-refractivity contribution in [1.82, 2.24) is 19.4 Å². The van der Waals surface area contributed by atoms with Crippen molar-refractivity contribution in [3.05, 3.63) is 0 Å². The summed E-state index contributed by atoms with van der Waals surface area (Å²) in [5, 5.41) is 3.46. The second kappa shape index (κ2) is 10.6. The molecule has 0 amide bonds. The van der Waals surface area contributed by atoms with Crippen molar-refractivity contribution in [1.29, 1.82) is 0 Å². The highest BCUT2D eigenvalue weighted by Crippen LogP contribution is 2.32. The highest BCUT2D eigenvalue weighted by Gasteiger charge is 2.31. The van der Waals surface area contributed by atoms with Crippen LogP contribution < -0.4 is 5.32 Å². The van der Waals surface area contributed by atoms with E-state index in [0.717, 1.165) is 63.0 Å². The lowest BCUT2D eigenvalue weighted by atomic mass is 9.79. The highest BCUT2D eigenvalue weighted by atomic mass is 32.2. The van der Waals surface area contributed by atoms with E-state index in [1.54, 1.807) is 4.31 Å². The predicted octanol–water partition coefficient (Wildman–Crippen LogP) is 2.07. The van der Waals surface area contributed by atoms with Crippen LogP contribution in [-0.4, -0.2) is 93.1 Å².